The van der Waals surface area contributed by atoms with Gasteiger partial charge in [0.15, 0.2) is 0 Å². The Labute approximate surface area is 103 Å². The van der Waals surface area contributed by atoms with Gasteiger partial charge >= 0.3 is 0 Å². The Bertz CT molecular complexity index is 381. The predicted octanol–water partition coefficient (Wildman–Crippen LogP) is 1.44. The summed E-state index contributed by atoms with van der Waals surface area (Å²) < 4.78 is 6.29. The molecule has 3 N–H and O–H groups in total. The maximum absolute atomic E-state index is 10.8. The molecule has 0 radical (unpaired) electrons. The number of nitrogens with two attached hydrogens (primary N) is 1. The maximum Gasteiger partial charge on any atom is 0.223 e. The third-order valence-electron chi connectivity index (χ3n) is 2.17. The summed E-state index contributed by atoms with van der Waals surface area (Å²) in [6.07, 6.45) is 0. The molecule has 0 bridgehead atoms. The SMILES string of the molecule is CC(COc1ccc(Br)cc1CO)C(N)=O. The quantitative estimate of drug-likeness (QED) is 0.861. The highest BCUT2D eigenvalue weighted by molar-refractivity contribution is 9.10. The van der Waals surface area contributed by atoms with Crippen LogP contribution in [0.4, 0.5) is 0 Å². The molecule has 1 aromatic rings. The van der Waals surface area contributed by atoms with Crippen molar-refractivity contribution < 1.29 is 14.6 Å². The van der Waals surface area contributed by atoms with E-state index < -0.39 is 5.91 Å². The third kappa shape index (κ3) is 3.50. The number of aliphatic hydroxyl groups excluding tert-OH is 1. The Balaban J connectivity index is 2.70. The number of carbonyl (C=O) groups is 1. The second kappa shape index (κ2) is 5.86. The fourth-order valence-corrected chi connectivity index (χ4v) is 1.52. The second-order valence-corrected chi connectivity index (χ2v) is 4.44. The van der Waals surface area contributed by atoms with E-state index in [9.17, 15) is 4.79 Å². The number of hydrogen-bond donors (Lipinski definition) is 2. The molecule has 1 rings (SSSR count). The van der Waals surface area contributed by atoms with Crippen molar-refractivity contribution in [3.63, 3.8) is 0 Å². The monoisotopic (exact) mass is 287 g/mol. The van der Waals surface area contributed by atoms with Gasteiger partial charge in [-0.25, -0.2) is 0 Å². The fourth-order valence-electron chi connectivity index (χ4n) is 1.11. The van der Waals surface area contributed by atoms with Crippen molar-refractivity contribution in [3.05, 3.63) is 28.2 Å². The number of hydrogen-bond acceptors (Lipinski definition) is 3. The Morgan fingerprint density at radius 3 is 2.88 bits per heavy atom. The molecule has 5 heteroatoms. The molecule has 0 saturated carbocycles. The van der Waals surface area contributed by atoms with Crippen LogP contribution in [0.15, 0.2) is 22.7 Å². The van der Waals surface area contributed by atoms with Gasteiger partial charge in [-0.1, -0.05) is 22.9 Å². The van der Waals surface area contributed by atoms with Crippen LogP contribution < -0.4 is 10.5 Å². The van der Waals surface area contributed by atoms with Crippen LogP contribution in [0.25, 0.3) is 0 Å². The van der Waals surface area contributed by atoms with Gasteiger partial charge in [0, 0.05) is 10.0 Å². The van der Waals surface area contributed by atoms with Crippen molar-refractivity contribution in [1.29, 1.82) is 0 Å². The summed E-state index contributed by atoms with van der Waals surface area (Å²) in [6, 6.07) is 5.32. The van der Waals surface area contributed by atoms with Gasteiger partial charge in [0.05, 0.1) is 19.1 Å². The highest BCUT2D eigenvalue weighted by atomic mass is 79.9. The first-order valence-electron chi connectivity index (χ1n) is 4.86. The standard InChI is InChI=1S/C11H14BrNO3/c1-7(11(13)15)6-16-10-3-2-9(12)4-8(10)5-14/h2-4,7,14H,5-6H2,1H3,(H2,13,15). The predicted molar refractivity (Wildman–Crippen MR) is 63.9 cm³/mol. The molecule has 1 unspecified atom stereocenters. The smallest absolute Gasteiger partial charge is 0.223 e. The molecular formula is C11H14BrNO3. The van der Waals surface area contributed by atoms with Gasteiger partial charge in [-0.2, -0.15) is 0 Å². The Morgan fingerprint density at radius 2 is 2.31 bits per heavy atom. The zero-order valence-electron chi connectivity index (χ0n) is 8.94. The highest BCUT2D eigenvalue weighted by Gasteiger charge is 2.11. The topological polar surface area (TPSA) is 72.6 Å². The van der Waals surface area contributed by atoms with Crippen LogP contribution in [-0.2, 0) is 11.4 Å². The van der Waals surface area contributed by atoms with Crippen molar-refractivity contribution in [2.24, 2.45) is 11.7 Å². The van der Waals surface area contributed by atoms with Crippen LogP contribution in [0, 0.1) is 5.92 Å². The van der Waals surface area contributed by atoms with Gasteiger partial charge in [-0.05, 0) is 18.2 Å². The number of primary amides is 1. The summed E-state index contributed by atoms with van der Waals surface area (Å²) in [5.41, 5.74) is 5.79. The van der Waals surface area contributed by atoms with Gasteiger partial charge < -0.3 is 15.6 Å². The zero-order valence-corrected chi connectivity index (χ0v) is 10.5. The van der Waals surface area contributed by atoms with E-state index in [1.54, 1.807) is 19.1 Å². The first kappa shape index (κ1) is 13.0. The van der Waals surface area contributed by atoms with Crippen molar-refractivity contribution in [1.82, 2.24) is 0 Å². The molecule has 0 aliphatic heterocycles. The number of carbonyl (C=O) groups excluding carboxylic acids is 1. The Hall–Kier alpha value is -1.07. The van der Waals surface area contributed by atoms with Gasteiger partial charge in [0.1, 0.15) is 5.75 Å². The van der Waals surface area contributed by atoms with E-state index in [0.29, 0.717) is 11.3 Å². The van der Waals surface area contributed by atoms with Crippen LogP contribution in [0.3, 0.4) is 0 Å². The minimum atomic E-state index is -0.400. The number of ether oxygens (including phenoxy) is 1. The van der Waals surface area contributed by atoms with E-state index in [0.717, 1.165) is 4.47 Å². The van der Waals surface area contributed by atoms with Crippen molar-refractivity contribution in [2.45, 2.75) is 13.5 Å². The molecule has 1 atom stereocenters. The zero-order chi connectivity index (χ0) is 12.1. The number of aliphatic hydroxyl groups is 1. The molecular weight excluding hydrogens is 274 g/mol. The van der Waals surface area contributed by atoms with Crippen LogP contribution in [0.5, 0.6) is 5.75 Å². The fraction of sp³-hybridized carbons (Fsp3) is 0.364. The molecule has 0 spiro atoms. The van der Waals surface area contributed by atoms with Crippen LogP contribution in [0.1, 0.15) is 12.5 Å². The molecule has 0 heterocycles. The number of halogens is 1. The largest absolute Gasteiger partial charge is 0.492 e. The van der Waals surface area contributed by atoms with Crippen molar-refractivity contribution in [3.8, 4) is 5.75 Å². The third-order valence-corrected chi connectivity index (χ3v) is 2.66. The first-order valence-corrected chi connectivity index (χ1v) is 5.65. The summed E-state index contributed by atoms with van der Waals surface area (Å²) in [5.74, 6) is -0.184. The lowest BCUT2D eigenvalue weighted by Crippen LogP contribution is -2.25. The minimum Gasteiger partial charge on any atom is -0.492 e. The average Bonchev–Trinajstić information content (AvgIpc) is 2.26. The summed E-state index contributed by atoms with van der Waals surface area (Å²) in [6.45, 7) is 1.80. The summed E-state index contributed by atoms with van der Waals surface area (Å²) >= 11 is 3.30. The average molecular weight is 288 g/mol. The van der Waals surface area contributed by atoms with E-state index >= 15 is 0 Å². The normalized spacial score (nSPS) is 12.2. The lowest BCUT2D eigenvalue weighted by Gasteiger charge is -2.12. The van der Waals surface area contributed by atoms with Gasteiger partial charge in [0.2, 0.25) is 5.91 Å². The highest BCUT2D eigenvalue weighted by Crippen LogP contribution is 2.23. The van der Waals surface area contributed by atoms with Gasteiger partial charge in [-0.15, -0.1) is 0 Å². The molecule has 0 saturated heterocycles. The van der Waals surface area contributed by atoms with Crippen molar-refractivity contribution in [2.75, 3.05) is 6.61 Å². The summed E-state index contributed by atoms with van der Waals surface area (Å²) in [5, 5.41) is 9.12. The molecule has 1 aromatic carbocycles. The van der Waals surface area contributed by atoms with E-state index in [4.69, 9.17) is 15.6 Å². The summed E-state index contributed by atoms with van der Waals surface area (Å²) in [7, 11) is 0. The van der Waals surface area contributed by atoms with Crippen LogP contribution in [-0.4, -0.2) is 17.6 Å². The molecule has 1 amide bonds. The van der Waals surface area contributed by atoms with E-state index in [-0.39, 0.29) is 19.1 Å². The van der Waals surface area contributed by atoms with Crippen LogP contribution in [0.2, 0.25) is 0 Å². The lowest BCUT2D eigenvalue weighted by atomic mass is 10.2. The van der Waals surface area contributed by atoms with Gasteiger partial charge in [-0.3, -0.25) is 4.79 Å². The van der Waals surface area contributed by atoms with E-state index in [1.165, 1.54) is 0 Å². The lowest BCUT2D eigenvalue weighted by molar-refractivity contribution is -0.122. The Kier molecular flexibility index (Phi) is 4.76. The number of benzene rings is 1. The second-order valence-electron chi connectivity index (χ2n) is 3.52. The van der Waals surface area contributed by atoms with Crippen LogP contribution >= 0.6 is 15.9 Å². The van der Waals surface area contributed by atoms with Crippen molar-refractivity contribution >= 4 is 21.8 Å². The molecule has 88 valence electrons. The minimum absolute atomic E-state index is 0.111. The van der Waals surface area contributed by atoms with E-state index in [1.807, 2.05) is 6.07 Å². The van der Waals surface area contributed by atoms with E-state index in [2.05, 4.69) is 15.9 Å². The molecule has 0 fully saturated rings. The number of rotatable bonds is 5. The Morgan fingerprint density at radius 1 is 1.62 bits per heavy atom. The summed E-state index contributed by atoms with van der Waals surface area (Å²) in [4.78, 5) is 10.8. The van der Waals surface area contributed by atoms with Gasteiger partial charge in [0.25, 0.3) is 0 Å². The molecule has 0 aliphatic rings. The first-order chi connectivity index (χ1) is 7.54. The molecule has 4 nitrogen and oxygen atoms in total. The maximum atomic E-state index is 10.8. The number of amides is 1. The molecule has 0 aromatic heterocycles. The molecule has 0 aliphatic carbocycles. The molecule has 16 heavy (non-hydrogen) atoms.